The molecule has 6 heteroatoms. The Balaban J connectivity index is 2.30. The van der Waals surface area contributed by atoms with E-state index in [4.69, 9.17) is 17.3 Å². The summed E-state index contributed by atoms with van der Waals surface area (Å²) in [6, 6.07) is 8.59. The Kier molecular flexibility index (Phi) is 4.73. The van der Waals surface area contributed by atoms with E-state index in [0.29, 0.717) is 26.4 Å². The number of halogens is 3. The number of anilines is 2. The normalized spacial score (nSPS) is 10.4. The number of amides is 1. The van der Waals surface area contributed by atoms with Crippen molar-refractivity contribution in [2.75, 3.05) is 11.1 Å². The molecule has 0 bridgehead atoms. The minimum Gasteiger partial charge on any atom is -0.398 e. The van der Waals surface area contributed by atoms with Crippen LogP contribution in [0.15, 0.2) is 39.3 Å². The van der Waals surface area contributed by atoms with Crippen molar-refractivity contribution >= 4 is 60.7 Å². The van der Waals surface area contributed by atoms with Crippen molar-refractivity contribution in [3.8, 4) is 0 Å². The van der Waals surface area contributed by atoms with E-state index in [-0.39, 0.29) is 5.91 Å². The first-order valence-electron chi connectivity index (χ1n) is 5.70. The van der Waals surface area contributed by atoms with Crippen LogP contribution in [0, 0.1) is 6.92 Å². The third-order valence-corrected chi connectivity index (χ3v) is 4.33. The average molecular weight is 419 g/mol. The molecule has 2 aromatic rings. The molecule has 20 heavy (non-hydrogen) atoms. The summed E-state index contributed by atoms with van der Waals surface area (Å²) in [6.07, 6.45) is 0. The standard InChI is InChI=1S/C14H11Br2ClN2O/c1-7-4-11(16)13(6-12(7)18)19-14(20)9-3-2-8(17)5-10(9)15/h2-6H,18H2,1H3,(H,19,20). The quantitative estimate of drug-likeness (QED) is 0.674. The van der Waals surface area contributed by atoms with Crippen LogP contribution in [0.1, 0.15) is 15.9 Å². The van der Waals surface area contributed by atoms with Crippen molar-refractivity contribution in [2.45, 2.75) is 6.92 Å². The maximum atomic E-state index is 12.2. The SMILES string of the molecule is Cc1cc(Br)c(NC(=O)c2ccc(Cl)cc2Br)cc1N. The number of nitrogen functional groups attached to an aromatic ring is 1. The lowest BCUT2D eigenvalue weighted by molar-refractivity contribution is 0.102. The Bertz CT molecular complexity index is 689. The summed E-state index contributed by atoms with van der Waals surface area (Å²) in [6.45, 7) is 1.90. The summed E-state index contributed by atoms with van der Waals surface area (Å²) in [5.41, 5.74) is 8.55. The maximum Gasteiger partial charge on any atom is 0.256 e. The van der Waals surface area contributed by atoms with Crippen molar-refractivity contribution in [2.24, 2.45) is 0 Å². The van der Waals surface area contributed by atoms with Crippen LogP contribution in [-0.2, 0) is 0 Å². The van der Waals surface area contributed by atoms with Crippen LogP contribution in [0.2, 0.25) is 5.02 Å². The molecule has 0 atom stereocenters. The van der Waals surface area contributed by atoms with E-state index in [1.54, 1.807) is 24.3 Å². The number of carbonyl (C=O) groups is 1. The third kappa shape index (κ3) is 3.34. The van der Waals surface area contributed by atoms with Crippen molar-refractivity contribution in [3.63, 3.8) is 0 Å². The summed E-state index contributed by atoms with van der Waals surface area (Å²) in [7, 11) is 0. The molecule has 0 fully saturated rings. The molecule has 0 spiro atoms. The van der Waals surface area contributed by atoms with Crippen molar-refractivity contribution in [1.82, 2.24) is 0 Å². The first kappa shape index (κ1) is 15.4. The smallest absolute Gasteiger partial charge is 0.256 e. The lowest BCUT2D eigenvalue weighted by atomic mass is 10.1. The largest absolute Gasteiger partial charge is 0.398 e. The van der Waals surface area contributed by atoms with Gasteiger partial charge in [-0.1, -0.05) is 11.6 Å². The van der Waals surface area contributed by atoms with E-state index < -0.39 is 0 Å². The Morgan fingerprint density at radius 3 is 2.55 bits per heavy atom. The lowest BCUT2D eigenvalue weighted by Crippen LogP contribution is -2.13. The first-order chi connectivity index (χ1) is 9.38. The Hall–Kier alpha value is -1.04. The summed E-state index contributed by atoms with van der Waals surface area (Å²) < 4.78 is 1.42. The van der Waals surface area contributed by atoms with E-state index in [0.717, 1.165) is 10.0 Å². The molecule has 3 nitrogen and oxygen atoms in total. The van der Waals surface area contributed by atoms with Crippen molar-refractivity contribution in [3.05, 3.63) is 55.4 Å². The number of benzene rings is 2. The monoisotopic (exact) mass is 416 g/mol. The second-order valence-corrected chi connectivity index (χ2v) is 6.41. The molecule has 0 unspecified atom stereocenters. The maximum absolute atomic E-state index is 12.2. The summed E-state index contributed by atoms with van der Waals surface area (Å²) in [5, 5.41) is 3.38. The van der Waals surface area contributed by atoms with Crippen LogP contribution < -0.4 is 11.1 Å². The van der Waals surface area contributed by atoms with Gasteiger partial charge in [0.1, 0.15) is 0 Å². The van der Waals surface area contributed by atoms with Gasteiger partial charge in [0.15, 0.2) is 0 Å². The van der Waals surface area contributed by atoms with Gasteiger partial charge in [0.25, 0.3) is 5.91 Å². The highest BCUT2D eigenvalue weighted by Gasteiger charge is 2.13. The van der Waals surface area contributed by atoms with Crippen molar-refractivity contribution in [1.29, 1.82) is 0 Å². The predicted molar refractivity (Wildman–Crippen MR) is 90.4 cm³/mol. The number of nitrogens with two attached hydrogens (primary N) is 1. The molecular formula is C14H11Br2ClN2O. The second kappa shape index (κ2) is 6.16. The van der Waals surface area contributed by atoms with Crippen LogP contribution in [-0.4, -0.2) is 5.91 Å². The van der Waals surface area contributed by atoms with E-state index in [1.165, 1.54) is 0 Å². The highest BCUT2D eigenvalue weighted by Crippen LogP contribution is 2.29. The van der Waals surface area contributed by atoms with Crippen LogP contribution in [0.5, 0.6) is 0 Å². The van der Waals surface area contributed by atoms with Crippen LogP contribution in [0.3, 0.4) is 0 Å². The van der Waals surface area contributed by atoms with Gasteiger partial charge in [-0.25, -0.2) is 0 Å². The topological polar surface area (TPSA) is 55.1 Å². The molecule has 3 N–H and O–H groups in total. The minimum absolute atomic E-state index is 0.238. The molecule has 0 radical (unpaired) electrons. The van der Waals surface area contributed by atoms with E-state index in [1.807, 2.05) is 13.0 Å². The third-order valence-electron chi connectivity index (χ3n) is 2.78. The Morgan fingerprint density at radius 2 is 1.90 bits per heavy atom. The number of hydrogen-bond donors (Lipinski definition) is 2. The summed E-state index contributed by atoms with van der Waals surface area (Å²) in [4.78, 5) is 12.2. The zero-order valence-electron chi connectivity index (χ0n) is 10.5. The molecular weight excluding hydrogens is 407 g/mol. The number of aryl methyl sites for hydroxylation is 1. The molecule has 0 aliphatic rings. The minimum atomic E-state index is -0.238. The van der Waals surface area contributed by atoms with Gasteiger partial charge < -0.3 is 11.1 Å². The lowest BCUT2D eigenvalue weighted by Gasteiger charge is -2.11. The molecule has 2 aromatic carbocycles. The van der Waals surface area contributed by atoms with Gasteiger partial charge in [0, 0.05) is 19.7 Å². The van der Waals surface area contributed by atoms with Gasteiger partial charge in [-0.15, -0.1) is 0 Å². The molecule has 104 valence electrons. The number of nitrogens with one attached hydrogen (secondary N) is 1. The Morgan fingerprint density at radius 1 is 1.20 bits per heavy atom. The highest BCUT2D eigenvalue weighted by atomic mass is 79.9. The zero-order valence-corrected chi connectivity index (χ0v) is 14.4. The number of carbonyl (C=O) groups excluding carboxylic acids is 1. The van der Waals surface area contributed by atoms with E-state index in [9.17, 15) is 4.79 Å². The fourth-order valence-electron chi connectivity index (χ4n) is 1.65. The van der Waals surface area contributed by atoms with Gasteiger partial charge in [0.05, 0.1) is 11.3 Å². The first-order valence-corrected chi connectivity index (χ1v) is 7.67. The predicted octanol–water partition coefficient (Wildman–Crippen LogP) is 5.01. The number of rotatable bonds is 2. The molecule has 0 saturated heterocycles. The molecule has 0 saturated carbocycles. The molecule has 1 amide bonds. The molecule has 0 aliphatic carbocycles. The van der Waals surface area contributed by atoms with E-state index in [2.05, 4.69) is 37.2 Å². The molecule has 2 rings (SSSR count). The molecule has 0 aromatic heterocycles. The molecule has 0 aliphatic heterocycles. The van der Waals surface area contributed by atoms with Crippen molar-refractivity contribution < 1.29 is 4.79 Å². The van der Waals surface area contributed by atoms with E-state index >= 15 is 0 Å². The number of hydrogen-bond acceptors (Lipinski definition) is 2. The summed E-state index contributed by atoms with van der Waals surface area (Å²) >= 11 is 12.6. The van der Waals surface area contributed by atoms with Crippen LogP contribution in [0.25, 0.3) is 0 Å². The average Bonchev–Trinajstić information content (AvgIpc) is 2.35. The van der Waals surface area contributed by atoms with Gasteiger partial charge in [-0.05, 0) is 74.7 Å². The van der Waals surface area contributed by atoms with Crippen LogP contribution >= 0.6 is 43.5 Å². The van der Waals surface area contributed by atoms with Gasteiger partial charge in [-0.3, -0.25) is 4.79 Å². The van der Waals surface area contributed by atoms with Gasteiger partial charge >= 0.3 is 0 Å². The fraction of sp³-hybridized carbons (Fsp3) is 0.0714. The molecule has 0 heterocycles. The Labute approximate surface area is 138 Å². The van der Waals surface area contributed by atoms with Crippen LogP contribution in [0.4, 0.5) is 11.4 Å². The zero-order chi connectivity index (χ0) is 14.9. The fourth-order valence-corrected chi connectivity index (χ4v) is 3.07. The summed E-state index contributed by atoms with van der Waals surface area (Å²) in [5.74, 6) is -0.238. The van der Waals surface area contributed by atoms with Gasteiger partial charge in [0.2, 0.25) is 0 Å². The second-order valence-electron chi connectivity index (χ2n) is 4.27. The highest BCUT2D eigenvalue weighted by molar-refractivity contribution is 9.11. The van der Waals surface area contributed by atoms with Gasteiger partial charge in [-0.2, -0.15) is 0 Å².